The van der Waals surface area contributed by atoms with Crippen LogP contribution in [-0.4, -0.2) is 26.1 Å². The van der Waals surface area contributed by atoms with Crippen LogP contribution in [-0.2, 0) is 11.3 Å². The summed E-state index contributed by atoms with van der Waals surface area (Å²) in [5, 5.41) is 14.9. The summed E-state index contributed by atoms with van der Waals surface area (Å²) in [6, 6.07) is 9.29. The zero-order valence-corrected chi connectivity index (χ0v) is 17.5. The molecule has 0 saturated carbocycles. The van der Waals surface area contributed by atoms with Crippen LogP contribution in [0.4, 0.5) is 11.4 Å². The number of nitrogens with one attached hydrogen (secondary N) is 1. The van der Waals surface area contributed by atoms with E-state index in [2.05, 4.69) is 16.9 Å². The number of nitro benzene ring substituents is 1. The zero-order chi connectivity index (χ0) is 21.8. The summed E-state index contributed by atoms with van der Waals surface area (Å²) >= 11 is 7.09. The predicted molar refractivity (Wildman–Crippen MR) is 118 cm³/mol. The van der Waals surface area contributed by atoms with E-state index in [0.717, 1.165) is 11.8 Å². The van der Waals surface area contributed by atoms with E-state index in [1.54, 1.807) is 37.3 Å². The average Bonchev–Trinajstić information content (AvgIpc) is 2.70. The number of carbonyl (C=O) groups excluding carboxylic acids is 1. The molecule has 154 valence electrons. The van der Waals surface area contributed by atoms with Gasteiger partial charge >= 0.3 is 0 Å². The van der Waals surface area contributed by atoms with Crippen molar-refractivity contribution in [3.63, 3.8) is 0 Å². The van der Waals surface area contributed by atoms with E-state index in [4.69, 9.17) is 11.6 Å². The summed E-state index contributed by atoms with van der Waals surface area (Å²) in [7, 11) is 0. The van der Waals surface area contributed by atoms with E-state index < -0.39 is 4.92 Å². The first-order valence-corrected chi connectivity index (χ1v) is 10.2. The van der Waals surface area contributed by atoms with Gasteiger partial charge in [0, 0.05) is 17.6 Å². The molecule has 1 N–H and O–H groups in total. The lowest BCUT2D eigenvalue weighted by atomic mass is 10.1. The Kier molecular flexibility index (Phi) is 6.53. The van der Waals surface area contributed by atoms with Gasteiger partial charge in [0.05, 0.1) is 32.8 Å². The van der Waals surface area contributed by atoms with E-state index >= 15 is 0 Å². The highest BCUT2D eigenvalue weighted by molar-refractivity contribution is 7.99. The molecule has 1 amide bonds. The normalized spacial score (nSPS) is 10.7. The summed E-state index contributed by atoms with van der Waals surface area (Å²) in [4.78, 5) is 40.3. The van der Waals surface area contributed by atoms with Crippen molar-refractivity contribution in [2.75, 3.05) is 11.1 Å². The maximum Gasteiger partial charge on any atom is 0.274 e. The Labute approximate surface area is 180 Å². The maximum absolute atomic E-state index is 12.8. The molecule has 10 heteroatoms. The molecule has 0 fully saturated rings. The first-order chi connectivity index (χ1) is 14.3. The molecule has 1 aromatic heterocycles. The fraction of sp³-hybridized carbons (Fsp3) is 0.150. The second kappa shape index (κ2) is 9.10. The Morgan fingerprint density at radius 2 is 2.17 bits per heavy atom. The molecule has 1 heterocycles. The number of nitrogens with zero attached hydrogens (tertiary/aromatic N) is 3. The SMILES string of the molecule is C=CCn1c(SCC(=O)Nc2cccc([N+](=O)[O-])c2C)nc2cc(Cl)ccc2c1=O. The number of rotatable bonds is 7. The zero-order valence-electron chi connectivity index (χ0n) is 15.9. The largest absolute Gasteiger partial charge is 0.325 e. The van der Waals surface area contributed by atoms with Gasteiger partial charge in [-0.25, -0.2) is 4.98 Å². The highest BCUT2D eigenvalue weighted by Gasteiger charge is 2.16. The fourth-order valence-electron chi connectivity index (χ4n) is 2.85. The van der Waals surface area contributed by atoms with Crippen LogP contribution < -0.4 is 10.9 Å². The van der Waals surface area contributed by atoms with Gasteiger partial charge in [-0.3, -0.25) is 24.3 Å². The van der Waals surface area contributed by atoms with Crippen molar-refractivity contribution in [2.24, 2.45) is 0 Å². The van der Waals surface area contributed by atoms with E-state index in [1.807, 2.05) is 0 Å². The molecule has 3 aromatic rings. The number of hydrogen-bond acceptors (Lipinski definition) is 6. The number of fused-ring (bicyclic) bond motifs is 1. The van der Waals surface area contributed by atoms with E-state index in [1.165, 1.54) is 16.7 Å². The van der Waals surface area contributed by atoms with Crippen molar-refractivity contribution in [3.05, 3.63) is 80.1 Å². The number of benzene rings is 2. The highest BCUT2D eigenvalue weighted by atomic mass is 35.5. The lowest BCUT2D eigenvalue weighted by Crippen LogP contribution is -2.24. The lowest BCUT2D eigenvalue weighted by Gasteiger charge is -2.12. The van der Waals surface area contributed by atoms with E-state index in [-0.39, 0.29) is 29.5 Å². The smallest absolute Gasteiger partial charge is 0.274 e. The van der Waals surface area contributed by atoms with Crippen LogP contribution in [0.5, 0.6) is 0 Å². The molecule has 3 rings (SSSR count). The molecule has 30 heavy (non-hydrogen) atoms. The van der Waals surface area contributed by atoms with Gasteiger partial charge in [0.2, 0.25) is 5.91 Å². The Hall–Kier alpha value is -3.17. The highest BCUT2D eigenvalue weighted by Crippen LogP contribution is 2.26. The van der Waals surface area contributed by atoms with Gasteiger partial charge in [-0.15, -0.1) is 6.58 Å². The molecule has 8 nitrogen and oxygen atoms in total. The molecule has 0 unspecified atom stereocenters. The molecular formula is C20H17ClN4O4S. The first-order valence-electron chi connectivity index (χ1n) is 8.79. The number of allylic oxidation sites excluding steroid dienone is 1. The van der Waals surface area contributed by atoms with Gasteiger partial charge in [0.25, 0.3) is 11.2 Å². The van der Waals surface area contributed by atoms with E-state index in [9.17, 15) is 19.7 Å². The molecule has 0 spiro atoms. The van der Waals surface area contributed by atoms with Gasteiger partial charge < -0.3 is 5.32 Å². The van der Waals surface area contributed by atoms with Gasteiger partial charge in [0.15, 0.2) is 5.16 Å². The van der Waals surface area contributed by atoms with Crippen LogP contribution in [0.25, 0.3) is 10.9 Å². The van der Waals surface area contributed by atoms with Gasteiger partial charge in [0.1, 0.15) is 0 Å². The lowest BCUT2D eigenvalue weighted by molar-refractivity contribution is -0.385. The minimum absolute atomic E-state index is 0.0439. The van der Waals surface area contributed by atoms with E-state index in [0.29, 0.717) is 32.3 Å². The van der Waals surface area contributed by atoms with Crippen LogP contribution >= 0.6 is 23.4 Å². The molecule has 0 bridgehead atoms. The summed E-state index contributed by atoms with van der Waals surface area (Å²) in [6.45, 7) is 5.46. The topological polar surface area (TPSA) is 107 Å². The molecule has 0 aliphatic carbocycles. The van der Waals surface area contributed by atoms with Crippen LogP contribution in [0.3, 0.4) is 0 Å². The monoisotopic (exact) mass is 444 g/mol. The molecule has 0 aliphatic rings. The van der Waals surface area contributed by atoms with Crippen molar-refractivity contribution in [1.29, 1.82) is 0 Å². The number of amides is 1. The number of nitro groups is 1. The van der Waals surface area contributed by atoms with Crippen molar-refractivity contribution in [3.8, 4) is 0 Å². The number of aromatic nitrogens is 2. The summed E-state index contributed by atoms with van der Waals surface area (Å²) in [5.41, 5.74) is 0.826. The van der Waals surface area contributed by atoms with Crippen LogP contribution in [0.15, 0.2) is 59.0 Å². The van der Waals surface area contributed by atoms with Gasteiger partial charge in [-0.1, -0.05) is 35.5 Å². The Bertz CT molecular complexity index is 1230. The second-order valence-electron chi connectivity index (χ2n) is 6.30. The number of halogens is 1. The first kappa shape index (κ1) is 21.5. The third-order valence-electron chi connectivity index (χ3n) is 4.30. The predicted octanol–water partition coefficient (Wildman–Crippen LogP) is 4.18. The molecule has 0 radical (unpaired) electrons. The molecular weight excluding hydrogens is 428 g/mol. The maximum atomic E-state index is 12.8. The molecule has 0 aliphatic heterocycles. The van der Waals surface area contributed by atoms with Crippen molar-refractivity contribution in [1.82, 2.24) is 9.55 Å². The Balaban J connectivity index is 1.84. The number of thioether (sulfide) groups is 1. The minimum atomic E-state index is -0.502. The number of carbonyl (C=O) groups is 1. The molecule has 2 aromatic carbocycles. The summed E-state index contributed by atoms with van der Waals surface area (Å²) in [5.74, 6) is -0.424. The standard InChI is InChI=1S/C20H17ClN4O4S/c1-3-9-24-19(27)14-8-7-13(21)10-16(14)23-20(24)30-11-18(26)22-15-5-4-6-17(12(15)2)25(28)29/h3-8,10H,1,9,11H2,2H3,(H,22,26). The quantitative estimate of drug-likeness (QED) is 0.192. The van der Waals surface area contributed by atoms with Gasteiger partial charge in [-0.2, -0.15) is 0 Å². The average molecular weight is 445 g/mol. The fourth-order valence-corrected chi connectivity index (χ4v) is 3.82. The van der Waals surface area contributed by atoms with Gasteiger partial charge in [-0.05, 0) is 31.2 Å². The van der Waals surface area contributed by atoms with Crippen molar-refractivity contribution < 1.29 is 9.72 Å². The Morgan fingerprint density at radius 3 is 2.87 bits per heavy atom. The van der Waals surface area contributed by atoms with Crippen LogP contribution in [0, 0.1) is 17.0 Å². The Morgan fingerprint density at radius 1 is 1.40 bits per heavy atom. The number of hydrogen-bond donors (Lipinski definition) is 1. The van der Waals surface area contributed by atoms with Crippen molar-refractivity contribution in [2.45, 2.75) is 18.6 Å². The summed E-state index contributed by atoms with van der Waals surface area (Å²) in [6.07, 6.45) is 1.57. The number of anilines is 1. The van der Waals surface area contributed by atoms with Crippen LogP contribution in [0.1, 0.15) is 5.56 Å². The summed E-state index contributed by atoms with van der Waals surface area (Å²) < 4.78 is 1.43. The van der Waals surface area contributed by atoms with Crippen molar-refractivity contribution >= 4 is 51.5 Å². The molecule has 0 saturated heterocycles. The third-order valence-corrected chi connectivity index (χ3v) is 5.51. The third kappa shape index (κ3) is 4.52. The van der Waals surface area contributed by atoms with Crippen LogP contribution in [0.2, 0.25) is 5.02 Å². The molecule has 0 atom stereocenters. The minimum Gasteiger partial charge on any atom is -0.325 e. The second-order valence-corrected chi connectivity index (χ2v) is 7.68.